The van der Waals surface area contributed by atoms with Gasteiger partial charge in [0.05, 0.1) is 26.4 Å². The fourth-order valence-corrected chi connectivity index (χ4v) is 3.48. The molecule has 0 unspecified atom stereocenters. The van der Waals surface area contributed by atoms with E-state index >= 15 is 0 Å². The Bertz CT molecular complexity index is 628. The molecule has 0 spiro atoms. The maximum atomic E-state index is 12.4. The minimum Gasteiger partial charge on any atom is -0.378 e. The van der Waals surface area contributed by atoms with Crippen LogP contribution in [0, 0.1) is 0 Å². The van der Waals surface area contributed by atoms with Gasteiger partial charge in [-0.3, -0.25) is 15.2 Å². The number of aromatic nitrogens is 3. The lowest BCUT2D eigenvalue weighted by Crippen LogP contribution is -2.43. The highest BCUT2D eigenvalue weighted by Crippen LogP contribution is 2.20. The summed E-state index contributed by atoms with van der Waals surface area (Å²) < 4.78 is 10.9. The third-order valence-electron chi connectivity index (χ3n) is 5.29. The molecule has 2 fully saturated rings. The Morgan fingerprint density at radius 2 is 1.43 bits per heavy atom. The van der Waals surface area contributed by atoms with E-state index in [1.165, 1.54) is 19.3 Å². The summed E-state index contributed by atoms with van der Waals surface area (Å²) in [6, 6.07) is 0. The molecule has 1 amide bonds. The Morgan fingerprint density at radius 3 is 1.97 bits per heavy atom. The van der Waals surface area contributed by atoms with E-state index in [4.69, 9.17) is 14.5 Å². The molecule has 2 aliphatic rings. The van der Waals surface area contributed by atoms with E-state index in [-0.39, 0.29) is 5.91 Å². The van der Waals surface area contributed by atoms with Crippen molar-refractivity contribution in [3.8, 4) is 0 Å². The van der Waals surface area contributed by atoms with Crippen LogP contribution in [0.4, 0.5) is 17.8 Å². The van der Waals surface area contributed by atoms with Crippen LogP contribution in [0.25, 0.3) is 0 Å². The van der Waals surface area contributed by atoms with Crippen LogP contribution in [-0.2, 0) is 14.3 Å². The number of hydrogen-bond donors (Lipinski definition) is 1. The average molecular weight is 422 g/mol. The number of hydrogen-bond acceptors (Lipinski definition) is 9. The minimum atomic E-state index is -0.0183. The molecule has 3 heterocycles. The van der Waals surface area contributed by atoms with Gasteiger partial charge in [-0.25, -0.2) is 0 Å². The summed E-state index contributed by atoms with van der Waals surface area (Å²) in [6.07, 6.45) is 6.09. The molecule has 0 bridgehead atoms. The van der Waals surface area contributed by atoms with Crippen molar-refractivity contribution in [2.45, 2.75) is 45.4 Å². The number of nitrogens with zero attached hydrogens (tertiary/aromatic N) is 6. The number of carbonyl (C=O) groups is 1. The van der Waals surface area contributed by atoms with E-state index in [1.807, 2.05) is 0 Å². The van der Waals surface area contributed by atoms with Gasteiger partial charge in [0, 0.05) is 39.6 Å². The summed E-state index contributed by atoms with van der Waals surface area (Å²) in [5.41, 5.74) is 2.90. The topological polar surface area (TPSA) is 96.0 Å². The maximum absolute atomic E-state index is 12.4. The molecule has 0 aliphatic carbocycles. The SMILES string of the molecule is CCCCCCCC(=O)NN(C)c1nc(N2CCOCC2)nc(N2CCOCC2)n1. The molecule has 1 aromatic heterocycles. The van der Waals surface area contributed by atoms with Crippen LogP contribution in [0.5, 0.6) is 0 Å². The number of rotatable bonds is 10. The van der Waals surface area contributed by atoms with Crippen molar-refractivity contribution < 1.29 is 14.3 Å². The molecule has 2 saturated heterocycles. The van der Waals surface area contributed by atoms with Crippen LogP contribution in [0.2, 0.25) is 0 Å². The number of morpholine rings is 2. The van der Waals surface area contributed by atoms with Crippen molar-refractivity contribution >= 4 is 23.8 Å². The Kier molecular flexibility index (Phi) is 8.88. The first-order valence-electron chi connectivity index (χ1n) is 11.1. The van der Waals surface area contributed by atoms with Crippen molar-refractivity contribution in [3.63, 3.8) is 0 Å². The van der Waals surface area contributed by atoms with E-state index in [0.717, 1.165) is 39.0 Å². The first-order chi connectivity index (χ1) is 14.7. The van der Waals surface area contributed by atoms with Crippen molar-refractivity contribution in [3.05, 3.63) is 0 Å². The van der Waals surface area contributed by atoms with Crippen LogP contribution in [0.15, 0.2) is 0 Å². The third kappa shape index (κ3) is 6.66. The number of unbranched alkanes of at least 4 members (excludes halogenated alkanes) is 4. The summed E-state index contributed by atoms with van der Waals surface area (Å²) in [4.78, 5) is 30.5. The molecular weight excluding hydrogens is 386 g/mol. The Morgan fingerprint density at radius 1 is 0.900 bits per heavy atom. The number of carbonyl (C=O) groups excluding carboxylic acids is 1. The lowest BCUT2D eigenvalue weighted by Gasteiger charge is -2.31. The molecule has 0 radical (unpaired) electrons. The van der Waals surface area contributed by atoms with Crippen LogP contribution in [0.3, 0.4) is 0 Å². The molecular formula is C20H35N7O3. The van der Waals surface area contributed by atoms with Crippen molar-refractivity contribution in [1.29, 1.82) is 0 Å². The van der Waals surface area contributed by atoms with Gasteiger partial charge in [0.25, 0.3) is 5.95 Å². The molecule has 3 rings (SSSR count). The quantitative estimate of drug-likeness (QED) is 0.444. The Hall–Kier alpha value is -2.20. The van der Waals surface area contributed by atoms with Crippen molar-refractivity contribution in [2.75, 3.05) is 74.5 Å². The minimum absolute atomic E-state index is 0.0183. The number of ether oxygens (including phenoxy) is 2. The van der Waals surface area contributed by atoms with E-state index in [0.29, 0.717) is 50.7 Å². The molecule has 10 nitrogen and oxygen atoms in total. The molecule has 0 saturated carbocycles. The summed E-state index contributed by atoms with van der Waals surface area (Å²) in [7, 11) is 1.77. The average Bonchev–Trinajstić information content (AvgIpc) is 2.80. The standard InChI is InChI=1S/C20H35N7O3/c1-3-4-5-6-7-8-17(28)24-25(2)18-21-19(26-9-13-29-14-10-26)23-20(22-18)27-11-15-30-16-12-27/h3-16H2,1-2H3,(H,24,28). The molecule has 10 heteroatoms. The normalized spacial score (nSPS) is 17.1. The zero-order valence-electron chi connectivity index (χ0n) is 18.3. The van der Waals surface area contributed by atoms with Gasteiger partial charge < -0.3 is 19.3 Å². The second-order valence-electron chi connectivity index (χ2n) is 7.69. The third-order valence-corrected chi connectivity index (χ3v) is 5.29. The summed E-state index contributed by atoms with van der Waals surface area (Å²) >= 11 is 0. The van der Waals surface area contributed by atoms with E-state index < -0.39 is 0 Å². The van der Waals surface area contributed by atoms with Gasteiger partial charge in [0.2, 0.25) is 17.8 Å². The smallest absolute Gasteiger partial charge is 0.250 e. The van der Waals surface area contributed by atoms with Gasteiger partial charge in [0.15, 0.2) is 0 Å². The van der Waals surface area contributed by atoms with Crippen LogP contribution < -0.4 is 20.2 Å². The Labute approximate surface area is 178 Å². The number of amides is 1. The lowest BCUT2D eigenvalue weighted by atomic mass is 10.1. The summed E-state index contributed by atoms with van der Waals surface area (Å²) in [5, 5.41) is 1.60. The second-order valence-corrected chi connectivity index (χ2v) is 7.69. The zero-order valence-corrected chi connectivity index (χ0v) is 18.3. The lowest BCUT2D eigenvalue weighted by molar-refractivity contribution is -0.121. The molecule has 1 aromatic rings. The van der Waals surface area contributed by atoms with Gasteiger partial charge in [-0.2, -0.15) is 15.0 Å². The second kappa shape index (κ2) is 11.8. The first-order valence-corrected chi connectivity index (χ1v) is 11.1. The fraction of sp³-hybridized carbons (Fsp3) is 0.800. The predicted molar refractivity (Wildman–Crippen MR) is 116 cm³/mol. The van der Waals surface area contributed by atoms with Crippen molar-refractivity contribution in [2.24, 2.45) is 0 Å². The fourth-order valence-electron chi connectivity index (χ4n) is 3.48. The highest BCUT2D eigenvalue weighted by Gasteiger charge is 2.22. The number of anilines is 3. The molecule has 0 aromatic carbocycles. The predicted octanol–water partition coefficient (Wildman–Crippen LogP) is 1.37. The molecule has 2 aliphatic heterocycles. The van der Waals surface area contributed by atoms with E-state index in [2.05, 4.69) is 32.1 Å². The molecule has 168 valence electrons. The Balaban J connectivity index is 1.67. The monoisotopic (exact) mass is 421 g/mol. The van der Waals surface area contributed by atoms with Gasteiger partial charge in [-0.15, -0.1) is 0 Å². The van der Waals surface area contributed by atoms with Crippen LogP contribution in [0.1, 0.15) is 45.4 Å². The molecule has 1 N–H and O–H groups in total. The van der Waals surface area contributed by atoms with Gasteiger partial charge >= 0.3 is 0 Å². The van der Waals surface area contributed by atoms with Gasteiger partial charge in [0.1, 0.15) is 0 Å². The van der Waals surface area contributed by atoms with Crippen LogP contribution in [-0.4, -0.2) is 80.5 Å². The zero-order chi connectivity index (χ0) is 21.2. The highest BCUT2D eigenvalue weighted by molar-refractivity contribution is 5.77. The van der Waals surface area contributed by atoms with E-state index in [1.54, 1.807) is 12.1 Å². The molecule has 30 heavy (non-hydrogen) atoms. The number of nitrogens with one attached hydrogen (secondary N) is 1. The maximum Gasteiger partial charge on any atom is 0.250 e. The molecule has 0 atom stereocenters. The van der Waals surface area contributed by atoms with E-state index in [9.17, 15) is 4.79 Å². The van der Waals surface area contributed by atoms with Gasteiger partial charge in [-0.05, 0) is 6.42 Å². The van der Waals surface area contributed by atoms with Crippen LogP contribution >= 0.6 is 0 Å². The summed E-state index contributed by atoms with van der Waals surface area (Å²) in [6.45, 7) is 7.74. The largest absolute Gasteiger partial charge is 0.378 e. The highest BCUT2D eigenvalue weighted by atomic mass is 16.5. The first kappa shape index (κ1) is 22.5. The number of hydrazine groups is 1. The van der Waals surface area contributed by atoms with Gasteiger partial charge in [-0.1, -0.05) is 32.6 Å². The van der Waals surface area contributed by atoms with Crippen molar-refractivity contribution in [1.82, 2.24) is 20.4 Å². The summed E-state index contributed by atoms with van der Waals surface area (Å²) in [5.74, 6) is 1.65.